The van der Waals surface area contributed by atoms with Crippen LogP contribution in [0.25, 0.3) is 0 Å². The lowest BCUT2D eigenvalue weighted by atomic mass is 9.90. The van der Waals surface area contributed by atoms with Crippen molar-refractivity contribution in [3.63, 3.8) is 0 Å². The minimum atomic E-state index is -1.34. The highest BCUT2D eigenvalue weighted by atomic mass is 16.2. The first kappa shape index (κ1) is 65.0. The number of likely N-dealkylation sites (N-methyl/N-ethyl adjacent to an activating group) is 1. The zero-order chi connectivity index (χ0) is 59.5. The van der Waals surface area contributed by atoms with Gasteiger partial charge in [-0.2, -0.15) is 0 Å². The highest BCUT2D eigenvalue weighted by molar-refractivity contribution is 6.27. The average Bonchev–Trinajstić information content (AvgIpc) is 3.44. The zero-order valence-electron chi connectivity index (χ0n) is 48.4. The second-order valence-corrected chi connectivity index (χ2v) is 21.9. The smallest absolute Gasteiger partial charge is 0.253 e. The number of pyridine rings is 1. The van der Waals surface area contributed by atoms with Crippen LogP contribution in [0.1, 0.15) is 158 Å². The van der Waals surface area contributed by atoms with E-state index in [1.165, 1.54) is 26.4 Å². The standard InChI is InChI=1S/C58H85N11O11/c1-13-32(8)46-57(79)65-42(26-36-21-17-16-18-22-36)53(75)64-41(25-30(4)5)54(76)66-45(31(6)7)55(77)62-35(11)50(72)67-48(34(10)15-3)58(80)69-47(33(9)14-2)56(78)63-39(52(74)68-46)23-19-20-24-61-51(73)38-29-60-28-37-44(38)43(70)27-40(59-12)49(37)71/h16-18,21-22,27-35,39,41-42,45-48,59H,13-15,19-20,23-26H2,1-12H3,(H,61,73)(H,62,77)(H,63,78)(H,64,75)(H,65,79)(H,66,76)(H,67,72)(H,68,74)(H,69,80). The number of nitrogens with one attached hydrogen (secondary N) is 10. The van der Waals surface area contributed by atoms with E-state index in [2.05, 4.69) is 58.2 Å². The largest absolute Gasteiger partial charge is 0.385 e. The summed E-state index contributed by atoms with van der Waals surface area (Å²) in [6, 6.07) is -1.00. The number of hydrogen-bond donors (Lipinski definition) is 10. The third-order valence-corrected chi connectivity index (χ3v) is 14.9. The van der Waals surface area contributed by atoms with Crippen molar-refractivity contribution in [2.24, 2.45) is 29.6 Å². The number of fused-ring (bicyclic) bond motifs is 1. The van der Waals surface area contributed by atoms with Crippen molar-refractivity contribution in [3.05, 3.63) is 76.8 Å². The van der Waals surface area contributed by atoms with Crippen LogP contribution in [0.3, 0.4) is 0 Å². The van der Waals surface area contributed by atoms with E-state index in [1.807, 2.05) is 34.6 Å². The maximum Gasteiger partial charge on any atom is 0.253 e. The molecule has 4 rings (SSSR count). The summed E-state index contributed by atoms with van der Waals surface area (Å²) in [5.74, 6) is -9.56. The van der Waals surface area contributed by atoms with Crippen LogP contribution in [-0.4, -0.2) is 132 Å². The molecule has 1 aliphatic heterocycles. The number of Topliss-reactive ketones (excluding diaryl/α,β-unsaturated/α-hetero) is 1. The van der Waals surface area contributed by atoms with Gasteiger partial charge in [-0.25, -0.2) is 0 Å². The molecule has 10 N–H and O–H groups in total. The predicted octanol–water partition coefficient (Wildman–Crippen LogP) is 2.46. The summed E-state index contributed by atoms with van der Waals surface area (Å²) in [5, 5.41) is 27.8. The van der Waals surface area contributed by atoms with Crippen molar-refractivity contribution in [2.75, 3.05) is 13.6 Å². The predicted molar refractivity (Wildman–Crippen MR) is 300 cm³/mol. The normalized spacial score (nSPS) is 24.4. The van der Waals surface area contributed by atoms with Crippen molar-refractivity contribution in [1.29, 1.82) is 0 Å². The molecule has 0 saturated carbocycles. The Labute approximate surface area is 469 Å². The second-order valence-electron chi connectivity index (χ2n) is 21.9. The van der Waals surface area contributed by atoms with Gasteiger partial charge in [0.1, 0.15) is 48.3 Å². The van der Waals surface area contributed by atoms with Gasteiger partial charge in [-0.05, 0) is 67.8 Å². The molecular weight excluding hydrogens is 1030 g/mol. The third kappa shape index (κ3) is 17.7. The van der Waals surface area contributed by atoms with E-state index in [0.29, 0.717) is 24.8 Å². The minimum absolute atomic E-state index is 0.0194. The molecule has 2 aromatic rings. The number of rotatable bonds is 18. The van der Waals surface area contributed by atoms with Crippen LogP contribution in [-0.2, 0) is 44.8 Å². The molecule has 1 saturated heterocycles. The van der Waals surface area contributed by atoms with Gasteiger partial charge in [0.15, 0.2) is 5.78 Å². The molecule has 0 spiro atoms. The molecule has 1 aliphatic carbocycles. The monoisotopic (exact) mass is 1110 g/mol. The maximum atomic E-state index is 14.8. The molecule has 1 aromatic carbocycles. The van der Waals surface area contributed by atoms with Crippen molar-refractivity contribution >= 4 is 64.7 Å². The first-order valence-electron chi connectivity index (χ1n) is 28.1. The Hall–Kier alpha value is -7.52. The average molecular weight is 1110 g/mol. The molecule has 9 amide bonds. The molecule has 22 heteroatoms. The fourth-order valence-electron chi connectivity index (χ4n) is 9.31. The Morgan fingerprint density at radius 1 is 0.575 bits per heavy atom. The lowest BCUT2D eigenvalue weighted by molar-refractivity contribution is -0.138. The Morgan fingerprint density at radius 2 is 1.06 bits per heavy atom. The lowest BCUT2D eigenvalue weighted by Crippen LogP contribution is -2.63. The van der Waals surface area contributed by atoms with Crippen molar-refractivity contribution in [2.45, 2.75) is 176 Å². The third-order valence-electron chi connectivity index (χ3n) is 14.9. The number of carbonyl (C=O) groups excluding carboxylic acids is 11. The molecule has 2 heterocycles. The van der Waals surface area contributed by atoms with E-state index in [-0.39, 0.29) is 67.0 Å². The highest BCUT2D eigenvalue weighted by Crippen LogP contribution is 2.23. The minimum Gasteiger partial charge on any atom is -0.385 e. The van der Waals surface area contributed by atoms with Gasteiger partial charge >= 0.3 is 0 Å². The number of aromatic nitrogens is 1. The molecule has 0 bridgehead atoms. The van der Waals surface area contributed by atoms with Crippen LogP contribution >= 0.6 is 0 Å². The van der Waals surface area contributed by atoms with Crippen LogP contribution in [0.15, 0.2) is 54.5 Å². The van der Waals surface area contributed by atoms with E-state index in [9.17, 15) is 52.7 Å². The van der Waals surface area contributed by atoms with Gasteiger partial charge in [-0.15, -0.1) is 0 Å². The summed E-state index contributed by atoms with van der Waals surface area (Å²) < 4.78 is 0. The SMILES string of the molecule is CCC(C)C1NC(=O)C(C)NC(=O)C(C(C)C)NC(=O)C(CC(C)C)NC(=O)C(Cc2ccccc2)NC(=O)C(C(C)CC)NC(=O)C(CCCCNC(=O)c2cncc3c2C(=O)C=C(NC)C3=O)NC(=O)C(C(C)CC)NC1=O. The number of ketones is 2. The number of carbonyl (C=O) groups is 11. The van der Waals surface area contributed by atoms with Crippen molar-refractivity contribution < 1.29 is 52.7 Å². The van der Waals surface area contributed by atoms with Crippen LogP contribution in [0.5, 0.6) is 0 Å². The molecule has 22 nitrogen and oxygen atoms in total. The number of benzene rings is 1. The molecular formula is C58H85N11O11. The first-order valence-corrected chi connectivity index (χ1v) is 28.1. The molecule has 11 atom stereocenters. The van der Waals surface area contributed by atoms with E-state index < -0.39 is 137 Å². The quantitative estimate of drug-likeness (QED) is 0.0961. The highest BCUT2D eigenvalue weighted by Gasteiger charge is 2.39. The molecule has 11 unspecified atom stereocenters. The Morgan fingerprint density at radius 3 is 1.61 bits per heavy atom. The van der Waals surface area contributed by atoms with E-state index >= 15 is 0 Å². The van der Waals surface area contributed by atoms with Crippen LogP contribution in [0.2, 0.25) is 0 Å². The summed E-state index contributed by atoms with van der Waals surface area (Å²) >= 11 is 0. The van der Waals surface area contributed by atoms with Crippen molar-refractivity contribution in [3.8, 4) is 0 Å². The number of unbranched alkanes of at least 4 members (excludes halogenated alkanes) is 1. The van der Waals surface area contributed by atoms with Gasteiger partial charge in [0, 0.05) is 44.0 Å². The molecule has 80 heavy (non-hydrogen) atoms. The summed E-state index contributed by atoms with van der Waals surface area (Å²) in [6.45, 7) is 19.3. The fraction of sp³-hybridized carbons (Fsp3) is 0.586. The van der Waals surface area contributed by atoms with Gasteiger partial charge in [0.2, 0.25) is 53.0 Å². The lowest BCUT2D eigenvalue weighted by Gasteiger charge is -2.32. The summed E-state index contributed by atoms with van der Waals surface area (Å²) in [4.78, 5) is 159. The zero-order valence-corrected chi connectivity index (χ0v) is 48.4. The number of amides is 9. The molecule has 438 valence electrons. The van der Waals surface area contributed by atoms with Gasteiger partial charge in [-0.1, -0.05) is 119 Å². The molecule has 1 fully saturated rings. The summed E-state index contributed by atoms with van der Waals surface area (Å²) in [6.07, 6.45) is 5.27. The van der Waals surface area contributed by atoms with Crippen molar-refractivity contribution in [1.82, 2.24) is 58.2 Å². The molecule has 1 aromatic heterocycles. The Bertz CT molecular complexity index is 2610. The van der Waals surface area contributed by atoms with E-state index in [4.69, 9.17) is 0 Å². The van der Waals surface area contributed by atoms with E-state index in [0.717, 1.165) is 6.08 Å². The van der Waals surface area contributed by atoms with Gasteiger partial charge in [0.05, 0.1) is 16.8 Å². The first-order chi connectivity index (χ1) is 37.9. The number of allylic oxidation sites excluding steroid dienone is 2. The number of hydrogen-bond acceptors (Lipinski definition) is 13. The number of nitrogens with zero attached hydrogens (tertiary/aromatic N) is 1. The summed E-state index contributed by atoms with van der Waals surface area (Å²) in [7, 11) is 1.50. The van der Waals surface area contributed by atoms with E-state index in [1.54, 1.807) is 65.0 Å². The fourth-order valence-corrected chi connectivity index (χ4v) is 9.31. The molecule has 2 aliphatic rings. The van der Waals surface area contributed by atoms with Crippen LogP contribution in [0, 0.1) is 29.6 Å². The van der Waals surface area contributed by atoms with Gasteiger partial charge in [-0.3, -0.25) is 57.7 Å². The Kier molecular flexibility index (Phi) is 25.0. The summed E-state index contributed by atoms with van der Waals surface area (Å²) in [5.41, 5.74) is 0.528. The maximum absolute atomic E-state index is 14.8. The van der Waals surface area contributed by atoms with Crippen LogP contribution < -0.4 is 53.2 Å². The Balaban J connectivity index is 1.76. The molecule has 0 radical (unpaired) electrons. The van der Waals surface area contributed by atoms with Gasteiger partial charge < -0.3 is 53.2 Å². The van der Waals surface area contributed by atoms with Gasteiger partial charge in [0.25, 0.3) is 5.91 Å². The second kappa shape index (κ2) is 30.7. The topological polar surface area (TPSA) is 321 Å². The van der Waals surface area contributed by atoms with Crippen LogP contribution in [0.4, 0.5) is 0 Å².